The van der Waals surface area contributed by atoms with E-state index in [4.69, 9.17) is 20.2 Å². The van der Waals surface area contributed by atoms with Crippen LogP contribution < -0.4 is 5.73 Å². The molecule has 8 nitrogen and oxygen atoms in total. The number of likely N-dealkylation sites (tertiary alicyclic amines) is 1. The van der Waals surface area contributed by atoms with Gasteiger partial charge < -0.3 is 20.1 Å². The normalized spacial score (nSPS) is 21.6. The molecule has 2 fully saturated rings. The first-order valence-electron chi connectivity index (χ1n) is 13.4. The highest BCUT2D eigenvalue weighted by molar-refractivity contribution is 5.83. The number of amidine groups is 1. The van der Waals surface area contributed by atoms with Gasteiger partial charge in [-0.2, -0.15) is 0 Å². The van der Waals surface area contributed by atoms with Crippen LogP contribution in [0.2, 0.25) is 0 Å². The summed E-state index contributed by atoms with van der Waals surface area (Å²) in [5, 5.41) is 11.6. The fraction of sp³-hybridized carbons (Fsp3) is 0.741. The summed E-state index contributed by atoms with van der Waals surface area (Å²) in [5.74, 6) is 1.45. The summed E-state index contributed by atoms with van der Waals surface area (Å²) < 4.78 is 11.6. The van der Waals surface area contributed by atoms with Gasteiger partial charge in [-0.25, -0.2) is 0 Å². The van der Waals surface area contributed by atoms with Gasteiger partial charge >= 0.3 is 0 Å². The van der Waals surface area contributed by atoms with Crippen molar-refractivity contribution in [1.29, 1.82) is 0 Å². The van der Waals surface area contributed by atoms with Gasteiger partial charge in [0.1, 0.15) is 0 Å². The Balaban J connectivity index is 1.74. The van der Waals surface area contributed by atoms with Gasteiger partial charge in [0.25, 0.3) is 6.54 Å². The number of nitrogens with zero attached hydrogens (tertiary/aromatic N) is 3. The standard InChI is InChI=1S/C27H44N4O4/c1-34-16-9-17-35-27(23-12-6-3-7-13-23)24-14-8-15-30(20-24)26(21-31(32)33)29-25(19-28)18-22-10-4-2-5-11-22/h3,6-7,12-13,22,24-25,27H,2,4-5,8-11,14-21,28H2,1H3/t24?,25-,27?/m0/s1. The molecule has 1 saturated carbocycles. The van der Waals surface area contributed by atoms with Crippen LogP contribution in [0.1, 0.15) is 69.5 Å². The lowest BCUT2D eigenvalue weighted by Gasteiger charge is -2.38. The second-order valence-corrected chi connectivity index (χ2v) is 10.1. The zero-order chi connectivity index (χ0) is 24.9. The largest absolute Gasteiger partial charge is 0.385 e. The molecule has 1 aliphatic heterocycles. The Morgan fingerprint density at radius 1 is 1.17 bits per heavy atom. The molecule has 1 aromatic rings. The van der Waals surface area contributed by atoms with Gasteiger partial charge in [0.2, 0.25) is 0 Å². The summed E-state index contributed by atoms with van der Waals surface area (Å²) in [4.78, 5) is 18.4. The van der Waals surface area contributed by atoms with E-state index in [9.17, 15) is 10.1 Å². The molecule has 1 heterocycles. The van der Waals surface area contributed by atoms with E-state index >= 15 is 0 Å². The fourth-order valence-electron chi connectivity index (χ4n) is 5.61. The van der Waals surface area contributed by atoms with E-state index in [-0.39, 0.29) is 29.5 Å². The smallest absolute Gasteiger partial charge is 0.260 e. The van der Waals surface area contributed by atoms with Crippen molar-refractivity contribution in [2.75, 3.05) is 46.5 Å². The van der Waals surface area contributed by atoms with Gasteiger partial charge in [-0.05, 0) is 37.2 Å². The summed E-state index contributed by atoms with van der Waals surface area (Å²) in [6.45, 7) is 2.96. The summed E-state index contributed by atoms with van der Waals surface area (Å²) in [6.07, 6.45) is 10.00. The third-order valence-electron chi connectivity index (χ3n) is 7.37. The van der Waals surface area contributed by atoms with Crippen LogP contribution in [-0.2, 0) is 9.47 Å². The first kappa shape index (κ1) is 27.6. The molecule has 2 unspecified atom stereocenters. The number of benzene rings is 1. The molecule has 2 N–H and O–H groups in total. The number of rotatable bonds is 13. The van der Waals surface area contributed by atoms with Gasteiger partial charge in [-0.3, -0.25) is 15.1 Å². The molecular formula is C27H44N4O4. The monoisotopic (exact) mass is 488 g/mol. The molecule has 1 aliphatic carbocycles. The molecule has 0 spiro atoms. The SMILES string of the molecule is COCCCOC(c1ccccc1)C1CCCN(C(C[N+](=O)[O-])=N[C@H](CN)CC2CCCCC2)C1. The van der Waals surface area contributed by atoms with Crippen molar-refractivity contribution in [3.05, 3.63) is 46.0 Å². The molecular weight excluding hydrogens is 444 g/mol. The predicted molar refractivity (Wildman–Crippen MR) is 139 cm³/mol. The minimum absolute atomic E-state index is 0.0522. The topological polar surface area (TPSA) is 103 Å². The third kappa shape index (κ3) is 9.17. The average molecular weight is 489 g/mol. The van der Waals surface area contributed by atoms with Crippen LogP contribution in [0.5, 0.6) is 0 Å². The van der Waals surface area contributed by atoms with E-state index in [2.05, 4.69) is 17.0 Å². The lowest BCUT2D eigenvalue weighted by Crippen LogP contribution is -2.45. The highest BCUT2D eigenvalue weighted by Crippen LogP contribution is 2.33. The van der Waals surface area contributed by atoms with E-state index in [0.29, 0.717) is 38.1 Å². The molecule has 0 bridgehead atoms. The molecule has 0 aromatic heterocycles. The lowest BCUT2D eigenvalue weighted by molar-refractivity contribution is -0.464. The molecule has 3 atom stereocenters. The second kappa shape index (κ2) is 15.2. The van der Waals surface area contributed by atoms with Gasteiger partial charge in [0.15, 0.2) is 5.84 Å². The number of nitro groups is 1. The second-order valence-electron chi connectivity index (χ2n) is 10.1. The molecule has 1 saturated heterocycles. The summed E-state index contributed by atoms with van der Waals surface area (Å²) in [6, 6.07) is 10.3. The quantitative estimate of drug-likeness (QED) is 0.144. The Hall–Kier alpha value is -2.03. The van der Waals surface area contributed by atoms with Crippen LogP contribution in [0.15, 0.2) is 35.3 Å². The van der Waals surface area contributed by atoms with Crippen LogP contribution in [0.3, 0.4) is 0 Å². The summed E-state index contributed by atoms with van der Waals surface area (Å²) in [5.41, 5.74) is 7.26. The van der Waals surface area contributed by atoms with Crippen molar-refractivity contribution < 1.29 is 14.4 Å². The van der Waals surface area contributed by atoms with E-state index in [0.717, 1.165) is 37.8 Å². The van der Waals surface area contributed by atoms with Crippen molar-refractivity contribution in [3.8, 4) is 0 Å². The highest BCUT2D eigenvalue weighted by Gasteiger charge is 2.32. The zero-order valence-electron chi connectivity index (χ0n) is 21.4. The van der Waals surface area contributed by atoms with E-state index < -0.39 is 0 Å². The molecule has 3 rings (SSSR count). The molecule has 1 aromatic carbocycles. The molecule has 2 aliphatic rings. The number of piperidine rings is 1. The molecule has 35 heavy (non-hydrogen) atoms. The number of hydrogen-bond acceptors (Lipinski definition) is 6. The first-order valence-corrected chi connectivity index (χ1v) is 13.4. The number of methoxy groups -OCH3 is 1. The predicted octanol–water partition coefficient (Wildman–Crippen LogP) is 4.47. The van der Waals surface area contributed by atoms with Crippen molar-refractivity contribution in [2.45, 2.75) is 69.9 Å². The Labute approximate surface area is 210 Å². The molecule has 0 amide bonds. The number of nitrogens with two attached hydrogens (primary N) is 1. The number of hydrogen-bond donors (Lipinski definition) is 1. The van der Waals surface area contributed by atoms with Gasteiger partial charge in [0.05, 0.1) is 12.1 Å². The van der Waals surface area contributed by atoms with Gasteiger partial charge in [0, 0.05) is 50.8 Å². The maximum absolute atomic E-state index is 11.6. The van der Waals surface area contributed by atoms with Crippen molar-refractivity contribution in [2.24, 2.45) is 22.6 Å². The first-order chi connectivity index (χ1) is 17.1. The maximum atomic E-state index is 11.6. The van der Waals surface area contributed by atoms with E-state index in [1.54, 1.807) is 7.11 Å². The van der Waals surface area contributed by atoms with E-state index in [1.807, 2.05) is 18.2 Å². The van der Waals surface area contributed by atoms with Crippen molar-refractivity contribution in [1.82, 2.24) is 4.90 Å². The van der Waals surface area contributed by atoms with Gasteiger partial charge in [-0.1, -0.05) is 62.4 Å². The van der Waals surface area contributed by atoms with Crippen LogP contribution in [0, 0.1) is 22.0 Å². The van der Waals surface area contributed by atoms with Crippen molar-refractivity contribution in [3.63, 3.8) is 0 Å². The van der Waals surface area contributed by atoms with Gasteiger partial charge in [-0.15, -0.1) is 0 Å². The number of aliphatic imine (C=N–C) groups is 1. The van der Waals surface area contributed by atoms with Crippen LogP contribution in [-0.4, -0.2) is 68.2 Å². The Morgan fingerprint density at radius 2 is 1.94 bits per heavy atom. The van der Waals surface area contributed by atoms with Crippen LogP contribution in [0.4, 0.5) is 0 Å². The molecule has 196 valence electrons. The molecule has 0 radical (unpaired) electrons. The lowest BCUT2D eigenvalue weighted by atomic mass is 9.85. The fourth-order valence-corrected chi connectivity index (χ4v) is 5.61. The number of ether oxygens (including phenoxy) is 2. The minimum Gasteiger partial charge on any atom is -0.385 e. The third-order valence-corrected chi connectivity index (χ3v) is 7.37. The minimum atomic E-state index is -0.257. The average Bonchev–Trinajstić information content (AvgIpc) is 2.89. The zero-order valence-corrected chi connectivity index (χ0v) is 21.4. The maximum Gasteiger partial charge on any atom is 0.260 e. The Morgan fingerprint density at radius 3 is 2.63 bits per heavy atom. The highest BCUT2D eigenvalue weighted by atomic mass is 16.6. The van der Waals surface area contributed by atoms with Crippen LogP contribution in [0.25, 0.3) is 0 Å². The van der Waals surface area contributed by atoms with Crippen molar-refractivity contribution >= 4 is 5.84 Å². The van der Waals surface area contributed by atoms with E-state index in [1.165, 1.54) is 32.1 Å². The molecule has 8 heteroatoms. The summed E-state index contributed by atoms with van der Waals surface area (Å²) >= 11 is 0. The Bertz CT molecular complexity index is 770. The summed E-state index contributed by atoms with van der Waals surface area (Å²) in [7, 11) is 1.70. The van der Waals surface area contributed by atoms with Crippen LogP contribution >= 0.6 is 0 Å². The Kier molecular flexibility index (Phi) is 11.9.